The number of hydrogen-bond acceptors (Lipinski definition) is 3. The minimum Gasteiger partial charge on any atom is -0.385 e. The molecule has 3 N–H and O–H groups in total. The molecule has 0 unspecified atom stereocenters. The zero-order valence-corrected chi connectivity index (χ0v) is 16.3. The predicted octanol–water partition coefficient (Wildman–Crippen LogP) is 4.15. The van der Waals surface area contributed by atoms with Crippen LogP contribution in [-0.2, 0) is 29.7 Å². The van der Waals surface area contributed by atoms with Crippen LogP contribution >= 0.6 is 11.6 Å². The van der Waals surface area contributed by atoms with Gasteiger partial charge in [0, 0.05) is 41.4 Å². The Hall–Kier alpha value is -2.23. The summed E-state index contributed by atoms with van der Waals surface area (Å²) in [4.78, 5) is -0.948. The van der Waals surface area contributed by atoms with E-state index in [0.29, 0.717) is 18.0 Å². The largest absolute Gasteiger partial charge is 0.417 e. The number of fused-ring (bicyclic) bond motifs is 1. The summed E-state index contributed by atoms with van der Waals surface area (Å²) in [6.07, 6.45) is -2.35. The summed E-state index contributed by atoms with van der Waals surface area (Å²) in [6.45, 7) is 0.355. The lowest BCUT2D eigenvalue weighted by Crippen LogP contribution is -2.19. The SMILES string of the molecule is Cn1cc(CCNc2ccc(S(N)(=O)=O)c(C(F)(F)F)c2)c2ccc(Cl)cc21. The summed E-state index contributed by atoms with van der Waals surface area (Å²) in [7, 11) is -2.60. The highest BCUT2D eigenvalue weighted by Crippen LogP contribution is 2.35. The van der Waals surface area contributed by atoms with Gasteiger partial charge in [0.1, 0.15) is 0 Å². The van der Waals surface area contributed by atoms with Gasteiger partial charge in [0.15, 0.2) is 0 Å². The van der Waals surface area contributed by atoms with Gasteiger partial charge in [0.2, 0.25) is 10.0 Å². The standard InChI is InChI=1S/C18H17ClF3N3O2S/c1-25-10-11(14-4-2-12(19)8-16(14)25)6-7-24-13-3-5-17(28(23,26)27)15(9-13)18(20,21)22/h2-5,8-10,24H,6-7H2,1H3,(H2,23,26,27). The van der Waals surface area contributed by atoms with Gasteiger partial charge in [0.05, 0.1) is 10.5 Å². The lowest BCUT2D eigenvalue weighted by atomic mass is 10.1. The number of primary sulfonamides is 1. The third-order valence-electron chi connectivity index (χ3n) is 4.35. The van der Waals surface area contributed by atoms with E-state index in [-0.39, 0.29) is 5.69 Å². The number of aryl methyl sites for hydroxylation is 1. The van der Waals surface area contributed by atoms with Crippen molar-refractivity contribution in [2.45, 2.75) is 17.5 Å². The van der Waals surface area contributed by atoms with Crippen LogP contribution in [0.1, 0.15) is 11.1 Å². The summed E-state index contributed by atoms with van der Waals surface area (Å²) in [5.74, 6) is 0. The van der Waals surface area contributed by atoms with Gasteiger partial charge in [-0.3, -0.25) is 0 Å². The first-order valence-corrected chi connectivity index (χ1v) is 10.1. The van der Waals surface area contributed by atoms with E-state index in [2.05, 4.69) is 5.32 Å². The van der Waals surface area contributed by atoms with E-state index in [1.54, 1.807) is 6.07 Å². The van der Waals surface area contributed by atoms with Crippen LogP contribution in [0.25, 0.3) is 10.9 Å². The predicted molar refractivity (Wildman–Crippen MR) is 103 cm³/mol. The minimum atomic E-state index is -4.84. The maximum atomic E-state index is 13.2. The van der Waals surface area contributed by atoms with Gasteiger partial charge in [-0.05, 0) is 42.3 Å². The minimum absolute atomic E-state index is 0.156. The first-order valence-electron chi connectivity index (χ1n) is 8.18. The van der Waals surface area contributed by atoms with Crippen LogP contribution in [0.4, 0.5) is 18.9 Å². The Morgan fingerprint density at radius 1 is 1.18 bits per heavy atom. The lowest BCUT2D eigenvalue weighted by Gasteiger charge is -2.14. The number of benzene rings is 2. The summed E-state index contributed by atoms with van der Waals surface area (Å²) in [6, 6.07) is 8.40. The summed E-state index contributed by atoms with van der Waals surface area (Å²) < 4.78 is 64.3. The van der Waals surface area contributed by atoms with Crippen molar-refractivity contribution in [2.24, 2.45) is 12.2 Å². The van der Waals surface area contributed by atoms with E-state index >= 15 is 0 Å². The summed E-state index contributed by atoms with van der Waals surface area (Å²) >= 11 is 6.01. The molecule has 28 heavy (non-hydrogen) atoms. The number of nitrogens with zero attached hydrogens (tertiary/aromatic N) is 1. The third-order valence-corrected chi connectivity index (χ3v) is 5.55. The Morgan fingerprint density at radius 2 is 1.89 bits per heavy atom. The normalized spacial score (nSPS) is 12.5. The molecule has 5 nitrogen and oxygen atoms in total. The van der Waals surface area contributed by atoms with E-state index in [1.165, 1.54) is 6.07 Å². The van der Waals surface area contributed by atoms with Gasteiger partial charge in [-0.1, -0.05) is 17.7 Å². The van der Waals surface area contributed by atoms with Gasteiger partial charge in [-0.2, -0.15) is 13.2 Å². The van der Waals surface area contributed by atoms with Crippen LogP contribution in [-0.4, -0.2) is 19.5 Å². The number of halogens is 4. The molecule has 0 amide bonds. The Balaban J connectivity index is 1.81. The highest BCUT2D eigenvalue weighted by atomic mass is 35.5. The van der Waals surface area contributed by atoms with Crippen molar-refractivity contribution in [3.05, 3.63) is 58.7 Å². The fourth-order valence-corrected chi connectivity index (χ4v) is 4.00. The molecule has 1 aromatic heterocycles. The molecule has 2 aromatic carbocycles. The molecule has 1 heterocycles. The number of aromatic nitrogens is 1. The Bertz CT molecular complexity index is 1140. The molecule has 0 aliphatic rings. The van der Waals surface area contributed by atoms with Gasteiger partial charge in [-0.15, -0.1) is 0 Å². The monoisotopic (exact) mass is 431 g/mol. The molecule has 3 rings (SSSR count). The molecule has 0 aliphatic heterocycles. The van der Waals surface area contributed by atoms with E-state index in [9.17, 15) is 21.6 Å². The molecule has 0 fully saturated rings. The Labute approximate surface area is 164 Å². The molecule has 150 valence electrons. The van der Waals surface area contributed by atoms with Crippen LogP contribution in [0.2, 0.25) is 5.02 Å². The fraction of sp³-hybridized carbons (Fsp3) is 0.222. The number of nitrogens with one attached hydrogen (secondary N) is 1. The summed E-state index contributed by atoms with van der Waals surface area (Å²) in [5, 5.41) is 9.41. The first-order chi connectivity index (χ1) is 13.0. The average molecular weight is 432 g/mol. The second-order valence-electron chi connectivity index (χ2n) is 6.36. The van der Waals surface area contributed by atoms with Crippen molar-refractivity contribution in [3.8, 4) is 0 Å². The van der Waals surface area contributed by atoms with Crippen molar-refractivity contribution in [1.29, 1.82) is 0 Å². The van der Waals surface area contributed by atoms with Crippen molar-refractivity contribution in [3.63, 3.8) is 0 Å². The number of rotatable bonds is 5. The van der Waals surface area contributed by atoms with Gasteiger partial charge in [0.25, 0.3) is 0 Å². The molecule has 0 bridgehead atoms. The molecule has 0 saturated carbocycles. The Kier molecular flexibility index (Phi) is 5.35. The quantitative estimate of drug-likeness (QED) is 0.637. The summed E-state index contributed by atoms with van der Waals surface area (Å²) in [5.41, 5.74) is 0.834. The molecule has 0 atom stereocenters. The molecule has 0 spiro atoms. The van der Waals surface area contributed by atoms with Crippen LogP contribution in [0.15, 0.2) is 47.5 Å². The lowest BCUT2D eigenvalue weighted by molar-refractivity contribution is -0.139. The maximum Gasteiger partial charge on any atom is 0.417 e. The van der Waals surface area contributed by atoms with E-state index in [0.717, 1.165) is 28.6 Å². The highest BCUT2D eigenvalue weighted by molar-refractivity contribution is 7.89. The van der Waals surface area contributed by atoms with Crippen LogP contribution in [0.5, 0.6) is 0 Å². The number of hydrogen-bond donors (Lipinski definition) is 2. The molecule has 0 aliphatic carbocycles. The zero-order valence-electron chi connectivity index (χ0n) is 14.7. The zero-order chi connectivity index (χ0) is 20.7. The number of nitrogens with two attached hydrogens (primary N) is 1. The van der Waals surface area contributed by atoms with Crippen LogP contribution in [0, 0.1) is 0 Å². The molecule has 0 saturated heterocycles. The van der Waals surface area contributed by atoms with Crippen LogP contribution < -0.4 is 10.5 Å². The molecular weight excluding hydrogens is 415 g/mol. The van der Waals surface area contributed by atoms with Crippen molar-refractivity contribution in [2.75, 3.05) is 11.9 Å². The Morgan fingerprint density at radius 3 is 2.54 bits per heavy atom. The maximum absolute atomic E-state index is 13.2. The van der Waals surface area contributed by atoms with E-state index in [4.69, 9.17) is 16.7 Å². The van der Waals surface area contributed by atoms with Gasteiger partial charge < -0.3 is 9.88 Å². The average Bonchev–Trinajstić information content (AvgIpc) is 2.88. The van der Waals surface area contributed by atoms with Crippen molar-refractivity contribution >= 4 is 38.2 Å². The molecule has 0 radical (unpaired) electrons. The van der Waals surface area contributed by atoms with E-state index < -0.39 is 26.7 Å². The fourth-order valence-electron chi connectivity index (χ4n) is 3.09. The van der Waals surface area contributed by atoms with E-state index in [1.807, 2.05) is 29.9 Å². The highest BCUT2D eigenvalue weighted by Gasteiger charge is 2.36. The first kappa shape index (κ1) is 20.5. The number of anilines is 1. The topological polar surface area (TPSA) is 77.1 Å². The van der Waals surface area contributed by atoms with Crippen LogP contribution in [0.3, 0.4) is 0 Å². The number of alkyl halides is 3. The van der Waals surface area contributed by atoms with Crippen molar-refractivity contribution in [1.82, 2.24) is 4.57 Å². The van der Waals surface area contributed by atoms with Crippen molar-refractivity contribution < 1.29 is 21.6 Å². The molecular formula is C18H17ClF3N3O2S. The molecule has 3 aromatic rings. The number of sulfonamides is 1. The second-order valence-corrected chi connectivity index (χ2v) is 8.32. The van der Waals surface area contributed by atoms with Gasteiger partial charge in [-0.25, -0.2) is 13.6 Å². The second kappa shape index (κ2) is 7.31. The smallest absolute Gasteiger partial charge is 0.385 e. The van der Waals surface area contributed by atoms with Gasteiger partial charge >= 0.3 is 6.18 Å². The third kappa shape index (κ3) is 4.26. The molecule has 10 heteroatoms.